The highest BCUT2D eigenvalue weighted by molar-refractivity contribution is 5.90. The van der Waals surface area contributed by atoms with E-state index in [9.17, 15) is 9.18 Å². The van der Waals surface area contributed by atoms with Crippen molar-refractivity contribution in [2.75, 3.05) is 25.2 Å². The molecule has 0 aliphatic carbocycles. The van der Waals surface area contributed by atoms with Crippen molar-refractivity contribution in [1.29, 1.82) is 0 Å². The number of nitrogens with zero attached hydrogens (tertiary/aromatic N) is 1. The summed E-state index contributed by atoms with van der Waals surface area (Å²) in [5.74, 6) is 0.735. The Morgan fingerprint density at radius 2 is 1.90 bits per heavy atom. The zero-order valence-electron chi connectivity index (χ0n) is 16.7. The fourth-order valence-electron chi connectivity index (χ4n) is 4.17. The molecule has 5 rings (SSSR count). The summed E-state index contributed by atoms with van der Waals surface area (Å²) in [5.41, 5.74) is 1.87. The Balaban J connectivity index is 1.27. The number of benzene rings is 2. The average Bonchev–Trinajstić information content (AvgIpc) is 3.21. The Morgan fingerprint density at radius 3 is 2.73 bits per heavy atom. The van der Waals surface area contributed by atoms with E-state index in [1.807, 2.05) is 31.2 Å². The highest BCUT2D eigenvalue weighted by Crippen LogP contribution is 2.33. The lowest BCUT2D eigenvalue weighted by molar-refractivity contribution is 0.173. The Labute approximate surface area is 173 Å². The van der Waals surface area contributed by atoms with Gasteiger partial charge in [-0.3, -0.25) is 4.90 Å². The number of nitrogens with one attached hydrogen (secondary N) is 1. The van der Waals surface area contributed by atoms with Gasteiger partial charge in [0, 0.05) is 31.1 Å². The number of halogens is 1. The van der Waals surface area contributed by atoms with Gasteiger partial charge in [-0.2, -0.15) is 4.39 Å². The van der Waals surface area contributed by atoms with E-state index in [2.05, 4.69) is 16.3 Å². The summed E-state index contributed by atoms with van der Waals surface area (Å²) in [5, 5.41) is 3.89. The zero-order valence-corrected chi connectivity index (χ0v) is 16.7. The molecular formula is C23H23FN2O4. The molecule has 2 aromatic carbocycles. The lowest BCUT2D eigenvalue weighted by atomic mass is 10.0. The molecule has 1 saturated heterocycles. The molecule has 0 unspecified atom stereocenters. The molecule has 3 aromatic rings. The minimum Gasteiger partial charge on any atom is -0.454 e. The summed E-state index contributed by atoms with van der Waals surface area (Å²) >= 11 is 0. The summed E-state index contributed by atoms with van der Waals surface area (Å²) in [7, 11) is 0. The third-order valence-electron chi connectivity index (χ3n) is 5.78. The fourth-order valence-corrected chi connectivity index (χ4v) is 4.17. The third kappa shape index (κ3) is 3.61. The molecule has 0 bridgehead atoms. The van der Waals surface area contributed by atoms with Crippen LogP contribution in [0.1, 0.15) is 24.0 Å². The van der Waals surface area contributed by atoms with Crippen LogP contribution in [0.15, 0.2) is 45.6 Å². The Bertz CT molecular complexity index is 1150. The summed E-state index contributed by atoms with van der Waals surface area (Å²) in [6.45, 7) is 4.80. The van der Waals surface area contributed by atoms with Crippen molar-refractivity contribution in [3.05, 3.63) is 63.8 Å². The third-order valence-corrected chi connectivity index (χ3v) is 5.78. The van der Waals surface area contributed by atoms with Crippen molar-refractivity contribution in [3.8, 4) is 11.5 Å². The summed E-state index contributed by atoms with van der Waals surface area (Å²) in [6.07, 6.45) is 1.72. The van der Waals surface area contributed by atoms with Gasteiger partial charge in [-0.1, -0.05) is 17.7 Å². The predicted molar refractivity (Wildman–Crippen MR) is 112 cm³/mol. The average molecular weight is 410 g/mol. The summed E-state index contributed by atoms with van der Waals surface area (Å²) in [4.78, 5) is 14.3. The Morgan fingerprint density at radius 1 is 1.10 bits per heavy atom. The first-order valence-corrected chi connectivity index (χ1v) is 10.2. The lowest BCUT2D eigenvalue weighted by Gasteiger charge is -2.33. The van der Waals surface area contributed by atoms with Crippen LogP contribution in [-0.2, 0) is 6.54 Å². The van der Waals surface area contributed by atoms with Gasteiger partial charge < -0.3 is 19.2 Å². The molecule has 30 heavy (non-hydrogen) atoms. The minimum absolute atomic E-state index is 0.0954. The van der Waals surface area contributed by atoms with Crippen LogP contribution in [0, 0.1) is 12.7 Å². The van der Waals surface area contributed by atoms with Gasteiger partial charge in [-0.15, -0.1) is 0 Å². The Kier molecular flexibility index (Phi) is 4.83. The van der Waals surface area contributed by atoms with Crippen LogP contribution in [0.5, 0.6) is 11.5 Å². The number of ether oxygens (including phenoxy) is 2. The number of likely N-dealkylation sites (tertiary alicyclic amines) is 1. The number of anilines is 1. The number of hydrogen-bond acceptors (Lipinski definition) is 6. The van der Waals surface area contributed by atoms with Crippen LogP contribution in [0.2, 0.25) is 0 Å². The lowest BCUT2D eigenvalue weighted by Crippen LogP contribution is -2.39. The van der Waals surface area contributed by atoms with Crippen LogP contribution in [0.25, 0.3) is 11.0 Å². The van der Waals surface area contributed by atoms with Crippen LogP contribution in [0.3, 0.4) is 0 Å². The van der Waals surface area contributed by atoms with E-state index in [0.29, 0.717) is 11.0 Å². The smallest absolute Gasteiger partial charge is 0.374 e. The van der Waals surface area contributed by atoms with E-state index in [1.54, 1.807) is 6.07 Å². The summed E-state index contributed by atoms with van der Waals surface area (Å²) < 4.78 is 30.5. The molecule has 7 heteroatoms. The maximum absolute atomic E-state index is 14.6. The van der Waals surface area contributed by atoms with Crippen molar-refractivity contribution in [2.45, 2.75) is 32.4 Å². The van der Waals surface area contributed by atoms with Gasteiger partial charge in [0.05, 0.1) is 5.69 Å². The van der Waals surface area contributed by atoms with Gasteiger partial charge in [-0.05, 0) is 49.6 Å². The van der Waals surface area contributed by atoms with E-state index >= 15 is 0 Å². The molecule has 3 heterocycles. The van der Waals surface area contributed by atoms with E-state index < -0.39 is 11.4 Å². The van der Waals surface area contributed by atoms with Gasteiger partial charge in [-0.25, -0.2) is 4.79 Å². The molecule has 1 fully saturated rings. The van der Waals surface area contributed by atoms with Crippen molar-refractivity contribution in [3.63, 3.8) is 0 Å². The van der Waals surface area contributed by atoms with Crippen molar-refractivity contribution in [1.82, 2.24) is 4.90 Å². The maximum Gasteiger partial charge on any atom is 0.374 e. The fraction of sp³-hybridized carbons (Fsp3) is 0.348. The van der Waals surface area contributed by atoms with Crippen LogP contribution in [-0.4, -0.2) is 30.8 Å². The van der Waals surface area contributed by atoms with Gasteiger partial charge >= 0.3 is 5.63 Å². The number of aryl methyl sites for hydroxylation is 1. The van der Waals surface area contributed by atoms with Gasteiger partial charge in [0.15, 0.2) is 11.5 Å². The standard InChI is InChI=1S/C23H23FN2O4/c1-14-2-4-18-17(10-14)22(21(24)23(27)30-18)25-16-6-8-26(9-7-16)12-15-3-5-19-20(11-15)29-13-28-19/h2-5,10-11,16,25H,6-9,12-13H2,1H3. The Hall–Kier alpha value is -3.06. The van der Waals surface area contributed by atoms with Crippen molar-refractivity contribution < 1.29 is 18.3 Å². The largest absolute Gasteiger partial charge is 0.454 e. The summed E-state index contributed by atoms with van der Waals surface area (Å²) in [6, 6.07) is 11.5. The monoisotopic (exact) mass is 410 g/mol. The molecule has 2 aliphatic heterocycles. The second-order valence-corrected chi connectivity index (χ2v) is 7.96. The zero-order chi connectivity index (χ0) is 20.7. The van der Waals surface area contributed by atoms with Gasteiger partial charge in [0.2, 0.25) is 12.6 Å². The van der Waals surface area contributed by atoms with Crippen molar-refractivity contribution >= 4 is 16.7 Å². The first kappa shape index (κ1) is 18.9. The topological polar surface area (TPSA) is 63.9 Å². The van der Waals surface area contributed by atoms with Crippen molar-refractivity contribution in [2.24, 2.45) is 0 Å². The van der Waals surface area contributed by atoms with Crippen LogP contribution >= 0.6 is 0 Å². The second kappa shape index (κ2) is 7.65. The molecule has 0 amide bonds. The molecule has 0 radical (unpaired) electrons. The first-order valence-electron chi connectivity index (χ1n) is 10.2. The molecule has 0 spiro atoms. The second-order valence-electron chi connectivity index (χ2n) is 7.96. The molecule has 6 nitrogen and oxygen atoms in total. The quantitative estimate of drug-likeness (QED) is 0.655. The molecule has 1 N–H and O–H groups in total. The number of piperidine rings is 1. The number of fused-ring (bicyclic) bond motifs is 2. The van der Waals surface area contributed by atoms with Crippen LogP contribution < -0.4 is 20.4 Å². The molecular weight excluding hydrogens is 387 g/mol. The number of hydrogen-bond donors (Lipinski definition) is 1. The SMILES string of the molecule is Cc1ccc2oc(=O)c(F)c(NC3CCN(Cc4ccc5c(c4)OCO5)CC3)c2c1. The predicted octanol–water partition coefficient (Wildman–Crippen LogP) is 4.05. The normalized spacial score (nSPS) is 16.9. The van der Waals surface area contributed by atoms with E-state index in [1.165, 1.54) is 5.56 Å². The van der Waals surface area contributed by atoms with Gasteiger partial charge in [0.25, 0.3) is 0 Å². The van der Waals surface area contributed by atoms with Crippen LogP contribution in [0.4, 0.5) is 10.1 Å². The minimum atomic E-state index is -0.936. The first-order chi connectivity index (χ1) is 14.6. The molecule has 0 saturated carbocycles. The molecule has 1 aromatic heterocycles. The highest BCUT2D eigenvalue weighted by atomic mass is 19.1. The van der Waals surface area contributed by atoms with Gasteiger partial charge in [0.1, 0.15) is 5.58 Å². The molecule has 156 valence electrons. The molecule has 0 atom stereocenters. The van der Waals surface area contributed by atoms with E-state index in [0.717, 1.165) is 49.5 Å². The van der Waals surface area contributed by atoms with E-state index in [-0.39, 0.29) is 18.5 Å². The highest BCUT2D eigenvalue weighted by Gasteiger charge is 2.23. The molecule has 2 aliphatic rings. The maximum atomic E-state index is 14.6. The van der Waals surface area contributed by atoms with E-state index in [4.69, 9.17) is 13.9 Å². The number of rotatable bonds is 4.